The molecule has 1 aliphatic rings. The number of hydrogen-bond acceptors (Lipinski definition) is 2. The van der Waals surface area contributed by atoms with E-state index in [4.69, 9.17) is 0 Å². The van der Waals surface area contributed by atoms with Gasteiger partial charge in [0.1, 0.15) is 0 Å². The molecule has 5 nitrogen and oxygen atoms in total. The molecule has 2 heterocycles. The Morgan fingerprint density at radius 1 is 0.714 bits per heavy atom. The number of aromatic amines is 1. The number of nitrogens with one attached hydrogen (secondary N) is 1. The van der Waals surface area contributed by atoms with Crippen molar-refractivity contribution in [3.63, 3.8) is 0 Å². The SMILES string of the molecule is O=C(c1cc[nH]c1)N1CCCN(C(=O)c2cccc(-c3ccccc3)c2)CC1. The molecule has 0 bridgehead atoms. The van der Waals surface area contributed by atoms with E-state index in [1.807, 2.05) is 64.4 Å². The Hall–Kier alpha value is -3.34. The lowest BCUT2D eigenvalue weighted by molar-refractivity contribution is 0.0719. The molecule has 1 aromatic heterocycles. The zero-order valence-corrected chi connectivity index (χ0v) is 15.7. The summed E-state index contributed by atoms with van der Waals surface area (Å²) in [4.78, 5) is 32.2. The maximum Gasteiger partial charge on any atom is 0.255 e. The minimum absolute atomic E-state index is 0.0154. The minimum Gasteiger partial charge on any atom is -0.367 e. The van der Waals surface area contributed by atoms with Gasteiger partial charge in [0, 0.05) is 44.1 Å². The molecule has 1 aliphatic heterocycles. The number of carbonyl (C=O) groups is 2. The summed E-state index contributed by atoms with van der Waals surface area (Å²) in [6.45, 7) is 2.42. The predicted octanol–water partition coefficient (Wildman–Crippen LogP) is 3.67. The highest BCUT2D eigenvalue weighted by Gasteiger charge is 2.23. The van der Waals surface area contributed by atoms with Gasteiger partial charge in [0.25, 0.3) is 11.8 Å². The molecule has 142 valence electrons. The Bertz CT molecular complexity index is 951. The van der Waals surface area contributed by atoms with Gasteiger partial charge in [0.15, 0.2) is 0 Å². The first-order valence-corrected chi connectivity index (χ1v) is 9.59. The number of aromatic nitrogens is 1. The second-order valence-electron chi connectivity index (χ2n) is 6.98. The Labute approximate surface area is 164 Å². The number of carbonyl (C=O) groups excluding carboxylic acids is 2. The average Bonchev–Trinajstić information content (AvgIpc) is 3.18. The van der Waals surface area contributed by atoms with Gasteiger partial charge in [0.2, 0.25) is 0 Å². The van der Waals surface area contributed by atoms with Crippen molar-refractivity contribution in [3.05, 3.63) is 84.2 Å². The molecule has 0 radical (unpaired) electrons. The van der Waals surface area contributed by atoms with Crippen LogP contribution in [0.25, 0.3) is 11.1 Å². The van der Waals surface area contributed by atoms with Crippen molar-refractivity contribution in [2.75, 3.05) is 26.2 Å². The van der Waals surface area contributed by atoms with Gasteiger partial charge in [-0.1, -0.05) is 42.5 Å². The molecular formula is C23H23N3O2. The van der Waals surface area contributed by atoms with Crippen molar-refractivity contribution in [1.29, 1.82) is 0 Å². The maximum atomic E-state index is 13.1. The van der Waals surface area contributed by atoms with Gasteiger partial charge in [-0.15, -0.1) is 0 Å². The van der Waals surface area contributed by atoms with Crippen LogP contribution in [0.15, 0.2) is 73.1 Å². The molecule has 2 aromatic carbocycles. The van der Waals surface area contributed by atoms with E-state index in [0.717, 1.165) is 17.5 Å². The maximum absolute atomic E-state index is 13.1. The molecule has 0 aliphatic carbocycles. The summed E-state index contributed by atoms with van der Waals surface area (Å²) in [5, 5.41) is 0. The summed E-state index contributed by atoms with van der Waals surface area (Å²) in [6, 6.07) is 19.6. The molecule has 3 aromatic rings. The van der Waals surface area contributed by atoms with Crippen LogP contribution in [0.2, 0.25) is 0 Å². The third-order valence-electron chi connectivity index (χ3n) is 5.13. The third kappa shape index (κ3) is 3.83. The van der Waals surface area contributed by atoms with E-state index in [9.17, 15) is 9.59 Å². The summed E-state index contributed by atoms with van der Waals surface area (Å²) in [5.41, 5.74) is 3.48. The molecule has 0 spiro atoms. The average molecular weight is 373 g/mol. The summed E-state index contributed by atoms with van der Waals surface area (Å²) < 4.78 is 0. The van der Waals surface area contributed by atoms with E-state index in [1.165, 1.54) is 0 Å². The lowest BCUT2D eigenvalue weighted by Gasteiger charge is -2.22. The fourth-order valence-electron chi connectivity index (χ4n) is 3.61. The van der Waals surface area contributed by atoms with E-state index in [1.54, 1.807) is 18.5 Å². The standard InChI is InChI=1S/C23H23N3O2/c27-22(20-9-4-8-19(16-20)18-6-2-1-3-7-18)25-12-5-13-26(15-14-25)23(28)21-10-11-24-17-21/h1-4,6-11,16-17,24H,5,12-15H2. The van der Waals surface area contributed by atoms with Crippen LogP contribution in [0.5, 0.6) is 0 Å². The summed E-state index contributed by atoms with van der Waals surface area (Å²) in [7, 11) is 0. The molecule has 5 heteroatoms. The number of H-pyrrole nitrogens is 1. The van der Waals surface area contributed by atoms with Gasteiger partial charge in [-0.25, -0.2) is 0 Å². The van der Waals surface area contributed by atoms with Gasteiger partial charge >= 0.3 is 0 Å². The Balaban J connectivity index is 1.46. The lowest BCUT2D eigenvalue weighted by Crippen LogP contribution is -2.37. The second kappa shape index (κ2) is 8.13. The van der Waals surface area contributed by atoms with Crippen molar-refractivity contribution in [3.8, 4) is 11.1 Å². The van der Waals surface area contributed by atoms with Crippen molar-refractivity contribution in [2.24, 2.45) is 0 Å². The molecule has 0 atom stereocenters. The molecule has 1 fully saturated rings. The largest absolute Gasteiger partial charge is 0.367 e. The number of hydrogen-bond donors (Lipinski definition) is 1. The fraction of sp³-hybridized carbons (Fsp3) is 0.217. The van der Waals surface area contributed by atoms with Crippen LogP contribution in [0, 0.1) is 0 Å². The number of amides is 2. The van der Waals surface area contributed by atoms with Crippen molar-refractivity contribution < 1.29 is 9.59 Å². The van der Waals surface area contributed by atoms with Crippen molar-refractivity contribution in [1.82, 2.24) is 14.8 Å². The van der Waals surface area contributed by atoms with Gasteiger partial charge in [-0.05, 0) is 35.7 Å². The quantitative estimate of drug-likeness (QED) is 0.762. The highest BCUT2D eigenvalue weighted by Crippen LogP contribution is 2.21. The zero-order chi connectivity index (χ0) is 19.3. The highest BCUT2D eigenvalue weighted by molar-refractivity contribution is 5.96. The van der Waals surface area contributed by atoms with E-state index in [-0.39, 0.29) is 11.8 Å². The van der Waals surface area contributed by atoms with Crippen LogP contribution in [0.3, 0.4) is 0 Å². The molecule has 0 saturated carbocycles. The van der Waals surface area contributed by atoms with E-state index >= 15 is 0 Å². The predicted molar refractivity (Wildman–Crippen MR) is 109 cm³/mol. The first-order valence-electron chi connectivity index (χ1n) is 9.59. The van der Waals surface area contributed by atoms with Crippen LogP contribution in [0.4, 0.5) is 0 Å². The van der Waals surface area contributed by atoms with Gasteiger partial charge in [-0.2, -0.15) is 0 Å². The molecular weight excluding hydrogens is 350 g/mol. The first-order chi connectivity index (χ1) is 13.7. The summed E-state index contributed by atoms with van der Waals surface area (Å²) in [5.74, 6) is 0.0374. The molecule has 0 unspecified atom stereocenters. The molecule has 2 amide bonds. The topological polar surface area (TPSA) is 56.4 Å². The summed E-state index contributed by atoms with van der Waals surface area (Å²) >= 11 is 0. The lowest BCUT2D eigenvalue weighted by atomic mass is 10.0. The molecule has 28 heavy (non-hydrogen) atoms. The third-order valence-corrected chi connectivity index (χ3v) is 5.13. The fourth-order valence-corrected chi connectivity index (χ4v) is 3.61. The second-order valence-corrected chi connectivity index (χ2v) is 6.98. The van der Waals surface area contributed by atoms with E-state index < -0.39 is 0 Å². The number of rotatable bonds is 3. The van der Waals surface area contributed by atoms with Crippen LogP contribution in [-0.2, 0) is 0 Å². The first kappa shape index (κ1) is 18.0. The van der Waals surface area contributed by atoms with E-state index in [2.05, 4.69) is 4.98 Å². The highest BCUT2D eigenvalue weighted by atomic mass is 16.2. The Morgan fingerprint density at radius 3 is 2.07 bits per heavy atom. The van der Waals surface area contributed by atoms with Crippen LogP contribution in [0.1, 0.15) is 27.1 Å². The normalized spacial score (nSPS) is 14.6. The molecule has 1 N–H and O–H groups in total. The number of benzene rings is 2. The van der Waals surface area contributed by atoms with Crippen LogP contribution >= 0.6 is 0 Å². The summed E-state index contributed by atoms with van der Waals surface area (Å²) in [6.07, 6.45) is 4.24. The Morgan fingerprint density at radius 2 is 1.39 bits per heavy atom. The van der Waals surface area contributed by atoms with Crippen LogP contribution < -0.4 is 0 Å². The van der Waals surface area contributed by atoms with Gasteiger partial charge in [-0.3, -0.25) is 9.59 Å². The zero-order valence-electron chi connectivity index (χ0n) is 15.7. The monoisotopic (exact) mass is 373 g/mol. The van der Waals surface area contributed by atoms with Crippen molar-refractivity contribution >= 4 is 11.8 Å². The Kier molecular flexibility index (Phi) is 5.24. The van der Waals surface area contributed by atoms with Gasteiger partial charge < -0.3 is 14.8 Å². The number of nitrogens with zero attached hydrogens (tertiary/aromatic N) is 2. The van der Waals surface area contributed by atoms with Crippen LogP contribution in [-0.4, -0.2) is 52.8 Å². The molecule has 1 saturated heterocycles. The van der Waals surface area contributed by atoms with E-state index in [0.29, 0.717) is 37.3 Å². The minimum atomic E-state index is 0.0154. The van der Waals surface area contributed by atoms with Gasteiger partial charge in [0.05, 0.1) is 5.56 Å². The smallest absolute Gasteiger partial charge is 0.255 e. The van der Waals surface area contributed by atoms with Crippen molar-refractivity contribution in [2.45, 2.75) is 6.42 Å². The molecule has 4 rings (SSSR count).